The maximum atomic E-state index is 13.9. The molecular formula is C19H30F2N4. The second-order valence-corrected chi connectivity index (χ2v) is 6.78. The first kappa shape index (κ1) is 19.6. The van der Waals surface area contributed by atoms with Gasteiger partial charge in [-0.05, 0) is 37.4 Å². The predicted molar refractivity (Wildman–Crippen MR) is 99.0 cm³/mol. The molecule has 0 saturated carbocycles. The molecule has 1 fully saturated rings. The summed E-state index contributed by atoms with van der Waals surface area (Å²) in [5.41, 5.74) is 0.511. The molecular weight excluding hydrogens is 322 g/mol. The first-order valence-electron chi connectivity index (χ1n) is 9.18. The number of hydrogen-bond acceptors (Lipinski definition) is 2. The van der Waals surface area contributed by atoms with E-state index in [4.69, 9.17) is 0 Å². The van der Waals surface area contributed by atoms with Crippen molar-refractivity contribution in [1.29, 1.82) is 0 Å². The molecule has 1 saturated heterocycles. The van der Waals surface area contributed by atoms with Crippen LogP contribution in [0.5, 0.6) is 0 Å². The predicted octanol–water partition coefficient (Wildman–Crippen LogP) is 3.11. The largest absolute Gasteiger partial charge is 0.356 e. The molecule has 0 aromatic heterocycles. The van der Waals surface area contributed by atoms with Crippen LogP contribution in [0.1, 0.15) is 44.6 Å². The van der Waals surface area contributed by atoms with Crippen molar-refractivity contribution in [3.8, 4) is 0 Å². The Bertz CT molecular complexity index is 569. The van der Waals surface area contributed by atoms with Gasteiger partial charge >= 0.3 is 0 Å². The quantitative estimate of drug-likeness (QED) is 0.610. The van der Waals surface area contributed by atoms with Gasteiger partial charge in [-0.25, -0.2) is 8.78 Å². The summed E-state index contributed by atoms with van der Waals surface area (Å²) in [6.45, 7) is 8.05. The molecule has 6 heteroatoms. The number of halogens is 2. The molecule has 0 bridgehead atoms. The van der Waals surface area contributed by atoms with E-state index in [2.05, 4.69) is 27.4 Å². The monoisotopic (exact) mass is 352 g/mol. The zero-order chi connectivity index (χ0) is 18.2. The molecule has 4 nitrogen and oxygen atoms in total. The average molecular weight is 352 g/mol. The Morgan fingerprint density at radius 1 is 1.32 bits per heavy atom. The van der Waals surface area contributed by atoms with Crippen molar-refractivity contribution in [2.75, 3.05) is 33.2 Å². The van der Waals surface area contributed by atoms with Crippen LogP contribution < -0.4 is 10.6 Å². The van der Waals surface area contributed by atoms with Gasteiger partial charge in [0, 0.05) is 44.7 Å². The molecule has 1 aliphatic heterocycles. The van der Waals surface area contributed by atoms with E-state index in [-0.39, 0.29) is 5.92 Å². The Labute approximate surface area is 149 Å². The zero-order valence-corrected chi connectivity index (χ0v) is 15.5. The molecule has 0 radical (unpaired) electrons. The number of piperidine rings is 1. The molecule has 1 aromatic carbocycles. The number of hydrogen-bond donors (Lipinski definition) is 2. The third kappa shape index (κ3) is 5.96. The minimum absolute atomic E-state index is 0.0782. The molecule has 1 aromatic rings. The molecule has 1 atom stereocenters. The summed E-state index contributed by atoms with van der Waals surface area (Å²) in [5.74, 6) is -0.386. The minimum Gasteiger partial charge on any atom is -0.356 e. The number of aliphatic imine (C=N–C) groups is 1. The minimum atomic E-state index is -0.548. The summed E-state index contributed by atoms with van der Waals surface area (Å²) in [6.07, 6.45) is 3.39. The van der Waals surface area contributed by atoms with Gasteiger partial charge in [0.2, 0.25) is 0 Å². The van der Waals surface area contributed by atoms with E-state index in [0.29, 0.717) is 18.2 Å². The van der Waals surface area contributed by atoms with E-state index in [9.17, 15) is 8.78 Å². The highest BCUT2D eigenvalue weighted by molar-refractivity contribution is 5.80. The fourth-order valence-corrected chi connectivity index (χ4v) is 3.27. The van der Waals surface area contributed by atoms with Crippen LogP contribution in [0.2, 0.25) is 0 Å². The maximum Gasteiger partial charge on any atom is 0.191 e. The van der Waals surface area contributed by atoms with E-state index in [0.717, 1.165) is 38.0 Å². The lowest BCUT2D eigenvalue weighted by Crippen LogP contribution is -2.49. The van der Waals surface area contributed by atoms with Crippen LogP contribution in [0.3, 0.4) is 0 Å². The second kappa shape index (κ2) is 9.70. The van der Waals surface area contributed by atoms with Crippen molar-refractivity contribution >= 4 is 5.96 Å². The lowest BCUT2D eigenvalue weighted by Gasteiger charge is -2.33. The summed E-state index contributed by atoms with van der Waals surface area (Å²) in [6, 6.07) is 4.16. The Kier molecular flexibility index (Phi) is 7.62. The lowest BCUT2D eigenvalue weighted by atomic mass is 10.0. The molecule has 1 heterocycles. The third-order valence-electron chi connectivity index (χ3n) is 4.76. The molecule has 25 heavy (non-hydrogen) atoms. The Morgan fingerprint density at radius 3 is 2.64 bits per heavy atom. The Balaban J connectivity index is 1.80. The molecule has 2 rings (SSSR count). The average Bonchev–Trinajstić information content (AvgIpc) is 2.60. The summed E-state index contributed by atoms with van der Waals surface area (Å²) >= 11 is 0. The number of nitrogens with one attached hydrogen (secondary N) is 2. The van der Waals surface area contributed by atoms with Gasteiger partial charge < -0.3 is 15.5 Å². The van der Waals surface area contributed by atoms with E-state index in [1.165, 1.54) is 25.1 Å². The Hall–Kier alpha value is -1.69. The van der Waals surface area contributed by atoms with Crippen molar-refractivity contribution in [1.82, 2.24) is 15.5 Å². The fraction of sp³-hybridized carbons (Fsp3) is 0.632. The van der Waals surface area contributed by atoms with Gasteiger partial charge in [0.15, 0.2) is 5.96 Å². The van der Waals surface area contributed by atoms with Crippen molar-refractivity contribution in [3.05, 3.63) is 35.4 Å². The first-order chi connectivity index (χ1) is 12.0. The van der Waals surface area contributed by atoms with Gasteiger partial charge in [-0.1, -0.05) is 19.9 Å². The van der Waals surface area contributed by atoms with Gasteiger partial charge in [0.25, 0.3) is 0 Å². The number of nitrogens with zero attached hydrogens (tertiary/aromatic N) is 2. The SMILES string of the molecule is CCCN1CCC(NC(=NC)NCC(C)c2ccc(F)cc2F)CC1. The summed E-state index contributed by atoms with van der Waals surface area (Å²) in [5, 5.41) is 6.72. The molecule has 2 N–H and O–H groups in total. The van der Waals surface area contributed by atoms with Crippen molar-refractivity contribution in [2.24, 2.45) is 4.99 Å². The smallest absolute Gasteiger partial charge is 0.191 e. The summed E-state index contributed by atoms with van der Waals surface area (Å²) < 4.78 is 26.9. The van der Waals surface area contributed by atoms with Crippen LogP contribution in [-0.2, 0) is 0 Å². The van der Waals surface area contributed by atoms with Gasteiger partial charge in [0.1, 0.15) is 11.6 Å². The number of rotatable bonds is 6. The molecule has 0 amide bonds. The highest BCUT2D eigenvalue weighted by Crippen LogP contribution is 2.19. The Morgan fingerprint density at radius 2 is 2.04 bits per heavy atom. The van der Waals surface area contributed by atoms with Crippen LogP contribution in [0.4, 0.5) is 8.78 Å². The third-order valence-corrected chi connectivity index (χ3v) is 4.76. The summed E-state index contributed by atoms with van der Waals surface area (Å²) in [4.78, 5) is 6.76. The molecule has 140 valence electrons. The van der Waals surface area contributed by atoms with Crippen molar-refractivity contribution in [2.45, 2.75) is 45.1 Å². The normalized spacial score (nSPS) is 18.2. The van der Waals surface area contributed by atoms with Gasteiger partial charge in [0.05, 0.1) is 0 Å². The standard InChI is InChI=1S/C19H30F2N4/c1-4-9-25-10-7-16(8-11-25)24-19(22-3)23-13-14(2)17-6-5-15(20)12-18(17)21/h5-6,12,14,16H,4,7-11,13H2,1-3H3,(H2,22,23,24). The van der Waals surface area contributed by atoms with Crippen molar-refractivity contribution in [3.63, 3.8) is 0 Å². The second-order valence-electron chi connectivity index (χ2n) is 6.78. The van der Waals surface area contributed by atoms with Gasteiger partial charge in [-0.3, -0.25) is 4.99 Å². The van der Waals surface area contributed by atoms with Crippen LogP contribution >= 0.6 is 0 Å². The van der Waals surface area contributed by atoms with E-state index < -0.39 is 11.6 Å². The lowest BCUT2D eigenvalue weighted by molar-refractivity contribution is 0.206. The van der Waals surface area contributed by atoms with Crippen LogP contribution in [-0.4, -0.2) is 50.1 Å². The number of guanidine groups is 1. The van der Waals surface area contributed by atoms with Gasteiger partial charge in [-0.2, -0.15) is 0 Å². The highest BCUT2D eigenvalue weighted by atomic mass is 19.1. The van der Waals surface area contributed by atoms with Crippen molar-refractivity contribution < 1.29 is 8.78 Å². The van der Waals surface area contributed by atoms with E-state index in [1.807, 2.05) is 6.92 Å². The van der Waals surface area contributed by atoms with Crippen LogP contribution in [0, 0.1) is 11.6 Å². The van der Waals surface area contributed by atoms with Gasteiger partial charge in [-0.15, -0.1) is 0 Å². The molecule has 0 aliphatic carbocycles. The summed E-state index contributed by atoms with van der Waals surface area (Å²) in [7, 11) is 1.74. The topological polar surface area (TPSA) is 39.7 Å². The zero-order valence-electron chi connectivity index (χ0n) is 15.5. The van der Waals surface area contributed by atoms with E-state index in [1.54, 1.807) is 7.05 Å². The van der Waals surface area contributed by atoms with Crippen LogP contribution in [0.15, 0.2) is 23.2 Å². The molecule has 0 spiro atoms. The van der Waals surface area contributed by atoms with Crippen LogP contribution in [0.25, 0.3) is 0 Å². The molecule has 1 aliphatic rings. The first-order valence-corrected chi connectivity index (χ1v) is 9.18. The highest BCUT2D eigenvalue weighted by Gasteiger charge is 2.19. The number of benzene rings is 1. The van der Waals surface area contributed by atoms with E-state index >= 15 is 0 Å². The maximum absolute atomic E-state index is 13.9. The number of likely N-dealkylation sites (tertiary alicyclic amines) is 1. The molecule has 1 unspecified atom stereocenters. The fourth-order valence-electron chi connectivity index (χ4n) is 3.27.